The molecule has 0 aliphatic carbocycles. The van der Waals surface area contributed by atoms with Crippen molar-refractivity contribution in [2.45, 2.75) is 19.3 Å². The van der Waals surface area contributed by atoms with Crippen LogP contribution in [0.4, 0.5) is 0 Å². The van der Waals surface area contributed by atoms with Crippen LogP contribution in [0.1, 0.15) is 24.0 Å². The predicted octanol–water partition coefficient (Wildman–Crippen LogP) is 2.62. The van der Waals surface area contributed by atoms with Gasteiger partial charge >= 0.3 is 0 Å². The molecule has 0 amide bonds. The number of phenolic OH excluding ortho intramolecular Hbond substituents is 1. The first-order valence-corrected chi connectivity index (χ1v) is 4.82. The lowest BCUT2D eigenvalue weighted by Crippen LogP contribution is -1.93. The maximum atomic E-state index is 9.66. The van der Waals surface area contributed by atoms with E-state index in [9.17, 15) is 5.11 Å². The summed E-state index contributed by atoms with van der Waals surface area (Å²) in [6, 6.07) is 3.72. The molecule has 0 aromatic heterocycles. The molecule has 1 aromatic rings. The highest BCUT2D eigenvalue weighted by atomic mass is 16.5. The zero-order chi connectivity index (χ0) is 10.1. The number of aromatic hydroxyl groups is 1. The Morgan fingerprint density at radius 2 is 2.43 bits per heavy atom. The van der Waals surface area contributed by atoms with Crippen LogP contribution in [0.3, 0.4) is 0 Å². The average Bonchev–Trinajstić information content (AvgIpc) is 2.49. The van der Waals surface area contributed by atoms with E-state index in [1.165, 1.54) is 5.56 Å². The van der Waals surface area contributed by atoms with E-state index in [2.05, 4.69) is 13.5 Å². The first-order chi connectivity index (χ1) is 6.72. The lowest BCUT2D eigenvalue weighted by atomic mass is 9.99. The van der Waals surface area contributed by atoms with Crippen molar-refractivity contribution in [1.29, 1.82) is 0 Å². The van der Waals surface area contributed by atoms with Gasteiger partial charge in [-0.15, -0.1) is 6.58 Å². The molecule has 1 aromatic carbocycles. The SMILES string of the molecule is C=CCc1cc2c(cc1O)OCC2C. The van der Waals surface area contributed by atoms with Gasteiger partial charge in [0.2, 0.25) is 0 Å². The normalized spacial score (nSPS) is 18.8. The van der Waals surface area contributed by atoms with Crippen molar-refractivity contribution in [2.24, 2.45) is 0 Å². The molecule has 1 unspecified atom stereocenters. The van der Waals surface area contributed by atoms with Crippen LogP contribution in [0.25, 0.3) is 0 Å². The number of ether oxygens (including phenoxy) is 1. The Labute approximate surface area is 83.8 Å². The third-order valence-electron chi connectivity index (χ3n) is 2.60. The minimum Gasteiger partial charge on any atom is -0.508 e. The third kappa shape index (κ3) is 1.37. The Morgan fingerprint density at radius 3 is 3.14 bits per heavy atom. The van der Waals surface area contributed by atoms with Gasteiger partial charge in [-0.05, 0) is 18.1 Å². The van der Waals surface area contributed by atoms with Crippen LogP contribution in [-0.4, -0.2) is 11.7 Å². The van der Waals surface area contributed by atoms with Gasteiger partial charge in [-0.1, -0.05) is 13.0 Å². The fourth-order valence-corrected chi connectivity index (χ4v) is 1.77. The topological polar surface area (TPSA) is 29.5 Å². The van der Waals surface area contributed by atoms with E-state index in [0.717, 1.165) is 11.3 Å². The Morgan fingerprint density at radius 1 is 1.64 bits per heavy atom. The van der Waals surface area contributed by atoms with E-state index in [0.29, 0.717) is 24.7 Å². The molecule has 1 atom stereocenters. The van der Waals surface area contributed by atoms with Gasteiger partial charge in [0.1, 0.15) is 11.5 Å². The van der Waals surface area contributed by atoms with Gasteiger partial charge in [0.15, 0.2) is 0 Å². The summed E-state index contributed by atoms with van der Waals surface area (Å²) in [5.74, 6) is 1.55. The lowest BCUT2D eigenvalue weighted by Gasteiger charge is -2.06. The zero-order valence-corrected chi connectivity index (χ0v) is 8.29. The molecule has 1 heterocycles. The molecule has 1 aliphatic heterocycles. The highest BCUT2D eigenvalue weighted by molar-refractivity contribution is 5.49. The summed E-state index contributed by atoms with van der Waals surface area (Å²) in [5, 5.41) is 9.66. The third-order valence-corrected chi connectivity index (χ3v) is 2.60. The molecule has 74 valence electrons. The van der Waals surface area contributed by atoms with Crippen LogP contribution in [0, 0.1) is 0 Å². The van der Waals surface area contributed by atoms with Gasteiger partial charge in [0.05, 0.1) is 6.61 Å². The summed E-state index contributed by atoms with van der Waals surface area (Å²) in [5.41, 5.74) is 2.12. The van der Waals surface area contributed by atoms with E-state index in [-0.39, 0.29) is 0 Å². The summed E-state index contributed by atoms with van der Waals surface area (Å²) >= 11 is 0. The quantitative estimate of drug-likeness (QED) is 0.726. The summed E-state index contributed by atoms with van der Waals surface area (Å²) in [6.45, 7) is 6.51. The summed E-state index contributed by atoms with van der Waals surface area (Å²) in [6.07, 6.45) is 2.49. The molecule has 2 heteroatoms. The Balaban J connectivity index is 2.45. The molecule has 0 saturated carbocycles. The number of rotatable bonds is 2. The molecule has 14 heavy (non-hydrogen) atoms. The second-order valence-corrected chi connectivity index (χ2v) is 3.72. The summed E-state index contributed by atoms with van der Waals surface area (Å²) in [7, 11) is 0. The van der Waals surface area contributed by atoms with Crippen molar-refractivity contribution in [3.8, 4) is 11.5 Å². The number of benzene rings is 1. The van der Waals surface area contributed by atoms with Gasteiger partial charge < -0.3 is 9.84 Å². The van der Waals surface area contributed by atoms with Crippen molar-refractivity contribution in [2.75, 3.05) is 6.61 Å². The Kier molecular flexibility index (Phi) is 2.20. The summed E-state index contributed by atoms with van der Waals surface area (Å²) < 4.78 is 5.44. The monoisotopic (exact) mass is 190 g/mol. The van der Waals surface area contributed by atoms with Crippen LogP contribution < -0.4 is 4.74 Å². The van der Waals surface area contributed by atoms with Crippen LogP contribution in [0.5, 0.6) is 11.5 Å². The molecular formula is C12H14O2. The largest absolute Gasteiger partial charge is 0.508 e. The molecule has 2 rings (SSSR count). The molecule has 2 nitrogen and oxygen atoms in total. The van der Waals surface area contributed by atoms with Crippen LogP contribution in [-0.2, 0) is 6.42 Å². The summed E-state index contributed by atoms with van der Waals surface area (Å²) in [4.78, 5) is 0. The maximum absolute atomic E-state index is 9.66. The van der Waals surface area contributed by atoms with Crippen LogP contribution >= 0.6 is 0 Å². The van der Waals surface area contributed by atoms with Crippen molar-refractivity contribution >= 4 is 0 Å². The number of hydrogen-bond donors (Lipinski definition) is 1. The molecule has 0 bridgehead atoms. The first kappa shape index (κ1) is 9.13. The van der Waals surface area contributed by atoms with E-state index in [1.54, 1.807) is 12.1 Å². The highest BCUT2D eigenvalue weighted by Crippen LogP contribution is 2.38. The molecule has 0 fully saturated rings. The van der Waals surface area contributed by atoms with Gasteiger partial charge in [0, 0.05) is 17.5 Å². The number of phenols is 1. The van der Waals surface area contributed by atoms with Crippen molar-refractivity contribution in [1.82, 2.24) is 0 Å². The first-order valence-electron chi connectivity index (χ1n) is 4.82. The predicted molar refractivity (Wildman–Crippen MR) is 55.9 cm³/mol. The van der Waals surface area contributed by atoms with E-state index in [4.69, 9.17) is 4.74 Å². The van der Waals surface area contributed by atoms with Gasteiger partial charge in [-0.25, -0.2) is 0 Å². The standard InChI is InChI=1S/C12H14O2/c1-3-4-9-5-10-8(2)7-14-12(10)6-11(9)13/h3,5-6,8,13H,1,4,7H2,2H3. The number of allylic oxidation sites excluding steroid dienone is 1. The highest BCUT2D eigenvalue weighted by Gasteiger charge is 2.21. The number of fused-ring (bicyclic) bond motifs is 1. The molecule has 1 aliphatic rings. The van der Waals surface area contributed by atoms with Crippen molar-refractivity contribution in [3.05, 3.63) is 35.9 Å². The van der Waals surface area contributed by atoms with E-state index >= 15 is 0 Å². The minimum absolute atomic E-state index is 0.303. The molecule has 0 radical (unpaired) electrons. The second kappa shape index (κ2) is 3.37. The van der Waals surface area contributed by atoms with Crippen molar-refractivity contribution in [3.63, 3.8) is 0 Å². The number of hydrogen-bond acceptors (Lipinski definition) is 2. The van der Waals surface area contributed by atoms with E-state index < -0.39 is 0 Å². The molecule has 0 saturated heterocycles. The maximum Gasteiger partial charge on any atom is 0.126 e. The van der Waals surface area contributed by atoms with Gasteiger partial charge in [-0.3, -0.25) is 0 Å². The fourth-order valence-electron chi connectivity index (χ4n) is 1.77. The van der Waals surface area contributed by atoms with Crippen LogP contribution in [0.15, 0.2) is 24.8 Å². The van der Waals surface area contributed by atoms with Gasteiger partial charge in [0.25, 0.3) is 0 Å². The Hall–Kier alpha value is -1.44. The molecule has 0 spiro atoms. The van der Waals surface area contributed by atoms with Crippen LogP contribution in [0.2, 0.25) is 0 Å². The fraction of sp³-hybridized carbons (Fsp3) is 0.333. The van der Waals surface area contributed by atoms with Crippen molar-refractivity contribution < 1.29 is 9.84 Å². The minimum atomic E-state index is 0.303. The average molecular weight is 190 g/mol. The van der Waals surface area contributed by atoms with E-state index in [1.807, 2.05) is 6.07 Å². The molecule has 1 N–H and O–H groups in total. The Bertz CT molecular complexity index is 369. The zero-order valence-electron chi connectivity index (χ0n) is 8.29. The smallest absolute Gasteiger partial charge is 0.126 e. The second-order valence-electron chi connectivity index (χ2n) is 3.72. The lowest BCUT2D eigenvalue weighted by molar-refractivity contribution is 0.335. The van der Waals surface area contributed by atoms with Gasteiger partial charge in [-0.2, -0.15) is 0 Å². The molecular weight excluding hydrogens is 176 g/mol.